The predicted molar refractivity (Wildman–Crippen MR) is 167 cm³/mol. The summed E-state index contributed by atoms with van der Waals surface area (Å²) in [5.41, 5.74) is -1.87. The standard InChI is InChI=1S/C28H56N2O6Si3/c1-25(2,3)37(11,12)33-19-28(10)22(36-39(15,16)27(7,8)9)21(35-38(13,14)26(4,5)6)23(34-28)30-18-17-20(31)29-24(30)32/h17-18,21-23H,19H2,1-16H3,(H,29,31,32)/t21?,22?,23-,28-/m1/s1. The minimum absolute atomic E-state index is 0.0179. The molecule has 0 aliphatic carbocycles. The van der Waals surface area contributed by atoms with Crippen molar-refractivity contribution in [1.29, 1.82) is 0 Å². The van der Waals surface area contributed by atoms with Gasteiger partial charge in [0.2, 0.25) is 0 Å². The highest BCUT2D eigenvalue weighted by molar-refractivity contribution is 6.75. The second-order valence-corrected chi connectivity index (χ2v) is 30.4. The lowest BCUT2D eigenvalue weighted by Gasteiger charge is -2.46. The maximum absolute atomic E-state index is 13.1. The fourth-order valence-electron chi connectivity index (χ4n) is 3.73. The first kappa shape index (κ1) is 34.4. The highest BCUT2D eigenvalue weighted by atomic mass is 28.4. The summed E-state index contributed by atoms with van der Waals surface area (Å²) in [5.74, 6) is 0. The first-order valence-corrected chi connectivity index (χ1v) is 22.9. The lowest BCUT2D eigenvalue weighted by molar-refractivity contribution is -0.113. The molecule has 0 spiro atoms. The molecule has 2 rings (SSSR count). The molecule has 0 radical (unpaired) electrons. The Morgan fingerprint density at radius 2 is 1.31 bits per heavy atom. The summed E-state index contributed by atoms with van der Waals surface area (Å²) in [6, 6.07) is 1.35. The number of aromatic amines is 1. The molecule has 2 unspecified atom stereocenters. The van der Waals surface area contributed by atoms with Gasteiger partial charge >= 0.3 is 5.69 Å². The molecule has 39 heavy (non-hydrogen) atoms. The van der Waals surface area contributed by atoms with Gasteiger partial charge in [0.05, 0.1) is 6.61 Å². The summed E-state index contributed by atoms with van der Waals surface area (Å²) in [4.78, 5) is 27.4. The average molecular weight is 601 g/mol. The molecule has 1 fully saturated rings. The molecule has 1 aliphatic heterocycles. The predicted octanol–water partition coefficient (Wildman–Crippen LogP) is 6.63. The first-order valence-electron chi connectivity index (χ1n) is 14.1. The quantitative estimate of drug-likeness (QED) is 0.337. The second-order valence-electron chi connectivity index (χ2n) is 16.0. The zero-order valence-electron chi connectivity index (χ0n) is 27.5. The van der Waals surface area contributed by atoms with Gasteiger partial charge in [-0.05, 0) is 61.3 Å². The molecular formula is C28H56N2O6Si3. The number of hydrogen-bond acceptors (Lipinski definition) is 6. The fourth-order valence-corrected chi connectivity index (χ4v) is 7.46. The number of aromatic nitrogens is 2. The minimum Gasteiger partial charge on any atom is -0.414 e. The molecule has 2 heterocycles. The third-order valence-electron chi connectivity index (χ3n) is 9.69. The van der Waals surface area contributed by atoms with Crippen molar-refractivity contribution in [2.45, 2.75) is 148 Å². The summed E-state index contributed by atoms with van der Waals surface area (Å²) in [7, 11) is -6.81. The molecule has 11 heteroatoms. The summed E-state index contributed by atoms with van der Waals surface area (Å²) in [6.07, 6.45) is -0.346. The van der Waals surface area contributed by atoms with Crippen molar-refractivity contribution in [3.05, 3.63) is 33.1 Å². The SMILES string of the molecule is CC(C)(C)[Si](C)(C)OC[C@@]1(C)O[C@@H](n2ccc(=O)[nH]c2=O)C(O[Si](C)(C)C(C)(C)C)C1O[Si](C)(C)C(C)(C)C. The van der Waals surface area contributed by atoms with Gasteiger partial charge in [-0.1, -0.05) is 62.3 Å². The first-order chi connectivity index (χ1) is 17.2. The Morgan fingerprint density at radius 1 is 0.846 bits per heavy atom. The largest absolute Gasteiger partial charge is 0.414 e. The van der Waals surface area contributed by atoms with E-state index in [0.29, 0.717) is 6.61 Å². The van der Waals surface area contributed by atoms with Crippen LogP contribution in [0.25, 0.3) is 0 Å². The zero-order valence-corrected chi connectivity index (χ0v) is 30.5. The molecule has 226 valence electrons. The Bertz CT molecular complexity index is 1120. The number of H-pyrrole nitrogens is 1. The fraction of sp³-hybridized carbons (Fsp3) is 0.857. The molecular weight excluding hydrogens is 545 g/mol. The van der Waals surface area contributed by atoms with Crippen LogP contribution in [-0.4, -0.2) is 58.9 Å². The molecule has 1 saturated heterocycles. The molecule has 4 atom stereocenters. The van der Waals surface area contributed by atoms with E-state index in [0.717, 1.165) is 0 Å². The summed E-state index contributed by atoms with van der Waals surface area (Å²) in [5, 5.41) is -0.113. The third kappa shape index (κ3) is 7.34. The maximum atomic E-state index is 13.1. The van der Waals surface area contributed by atoms with Gasteiger partial charge < -0.3 is 18.0 Å². The summed E-state index contributed by atoms with van der Waals surface area (Å²) in [6.45, 7) is 35.5. The molecule has 0 aromatic carbocycles. The Morgan fingerprint density at radius 3 is 1.74 bits per heavy atom. The van der Waals surface area contributed by atoms with Gasteiger partial charge in [-0.3, -0.25) is 14.3 Å². The van der Waals surface area contributed by atoms with E-state index in [-0.39, 0.29) is 15.1 Å². The molecule has 0 bridgehead atoms. The Labute approximate surface area is 239 Å². The smallest absolute Gasteiger partial charge is 0.330 e. The van der Waals surface area contributed by atoms with Crippen LogP contribution in [0.4, 0.5) is 0 Å². The molecule has 0 saturated carbocycles. The van der Waals surface area contributed by atoms with Gasteiger partial charge in [0.15, 0.2) is 31.2 Å². The monoisotopic (exact) mass is 600 g/mol. The van der Waals surface area contributed by atoms with Crippen LogP contribution in [0.5, 0.6) is 0 Å². The normalized spacial score (nSPS) is 25.8. The summed E-state index contributed by atoms with van der Waals surface area (Å²) < 4.78 is 29.3. The van der Waals surface area contributed by atoms with Crippen LogP contribution in [0.1, 0.15) is 75.5 Å². The van der Waals surface area contributed by atoms with E-state index in [9.17, 15) is 9.59 Å². The van der Waals surface area contributed by atoms with Crippen LogP contribution >= 0.6 is 0 Å². The van der Waals surface area contributed by atoms with Crippen LogP contribution in [-0.2, 0) is 18.0 Å². The molecule has 0 amide bonds. The van der Waals surface area contributed by atoms with E-state index < -0.39 is 60.2 Å². The topological polar surface area (TPSA) is 91.8 Å². The van der Waals surface area contributed by atoms with Crippen LogP contribution in [0.3, 0.4) is 0 Å². The van der Waals surface area contributed by atoms with Crippen LogP contribution in [0, 0.1) is 0 Å². The van der Waals surface area contributed by atoms with Crippen molar-refractivity contribution in [2.75, 3.05) is 6.61 Å². The average Bonchev–Trinajstić information content (AvgIpc) is 2.95. The lowest BCUT2D eigenvalue weighted by atomic mass is 9.98. The van der Waals surface area contributed by atoms with Crippen molar-refractivity contribution >= 4 is 25.0 Å². The van der Waals surface area contributed by atoms with E-state index in [4.69, 9.17) is 18.0 Å². The molecule has 1 aliphatic rings. The van der Waals surface area contributed by atoms with Gasteiger partial charge in [0, 0.05) is 12.3 Å². The summed E-state index contributed by atoms with van der Waals surface area (Å²) >= 11 is 0. The van der Waals surface area contributed by atoms with Crippen molar-refractivity contribution in [3.8, 4) is 0 Å². The lowest BCUT2D eigenvalue weighted by Crippen LogP contribution is -2.58. The Hall–Kier alpha value is -0.829. The van der Waals surface area contributed by atoms with Gasteiger partial charge in [-0.15, -0.1) is 0 Å². The maximum Gasteiger partial charge on any atom is 0.330 e. The zero-order chi connectivity index (χ0) is 30.6. The number of hydrogen-bond donors (Lipinski definition) is 1. The van der Waals surface area contributed by atoms with Crippen LogP contribution in [0.15, 0.2) is 21.9 Å². The minimum atomic E-state index is -2.35. The molecule has 8 nitrogen and oxygen atoms in total. The van der Waals surface area contributed by atoms with E-state index >= 15 is 0 Å². The van der Waals surface area contributed by atoms with Gasteiger partial charge in [-0.2, -0.15) is 0 Å². The third-order valence-corrected chi connectivity index (χ3v) is 23.1. The Balaban J connectivity index is 2.74. The van der Waals surface area contributed by atoms with Gasteiger partial charge in [0.1, 0.15) is 17.8 Å². The number of ether oxygens (including phenoxy) is 1. The van der Waals surface area contributed by atoms with Crippen molar-refractivity contribution in [1.82, 2.24) is 9.55 Å². The molecule has 1 aromatic rings. The van der Waals surface area contributed by atoms with Crippen molar-refractivity contribution < 1.29 is 18.0 Å². The number of nitrogens with zero attached hydrogens (tertiary/aromatic N) is 1. The number of nitrogens with one attached hydrogen (secondary N) is 1. The van der Waals surface area contributed by atoms with Gasteiger partial charge in [-0.25, -0.2) is 4.79 Å². The molecule has 1 aromatic heterocycles. The van der Waals surface area contributed by atoms with E-state index in [2.05, 4.69) is 107 Å². The van der Waals surface area contributed by atoms with Crippen LogP contribution in [0.2, 0.25) is 54.4 Å². The Kier molecular flexibility index (Phi) is 9.50. The van der Waals surface area contributed by atoms with E-state index in [1.807, 2.05) is 6.92 Å². The van der Waals surface area contributed by atoms with E-state index in [1.165, 1.54) is 16.8 Å². The number of rotatable bonds is 8. The highest BCUT2D eigenvalue weighted by Gasteiger charge is 2.60. The highest BCUT2D eigenvalue weighted by Crippen LogP contribution is 2.49. The van der Waals surface area contributed by atoms with Crippen LogP contribution < -0.4 is 11.2 Å². The second kappa shape index (κ2) is 10.8. The van der Waals surface area contributed by atoms with E-state index in [1.54, 1.807) is 0 Å². The van der Waals surface area contributed by atoms with Crippen molar-refractivity contribution in [2.24, 2.45) is 0 Å². The van der Waals surface area contributed by atoms with Gasteiger partial charge in [0.25, 0.3) is 5.56 Å². The van der Waals surface area contributed by atoms with Crippen molar-refractivity contribution in [3.63, 3.8) is 0 Å². The molecule has 1 N–H and O–H groups in total.